The van der Waals surface area contributed by atoms with Crippen molar-refractivity contribution in [1.29, 1.82) is 0 Å². The van der Waals surface area contributed by atoms with E-state index in [4.69, 9.17) is 9.47 Å². The van der Waals surface area contributed by atoms with Gasteiger partial charge in [0.05, 0.1) is 0 Å². The first kappa shape index (κ1) is 15.5. The Morgan fingerprint density at radius 3 is 2.22 bits per heavy atom. The minimum atomic E-state index is -1.19. The molecular formula is C19H20O4. The second kappa shape index (κ2) is 5.69. The molecule has 120 valence electrons. The molecule has 23 heavy (non-hydrogen) atoms. The van der Waals surface area contributed by atoms with E-state index in [0.717, 1.165) is 16.3 Å². The normalized spacial score (nSPS) is 19.3. The number of rotatable bonds is 3. The van der Waals surface area contributed by atoms with Gasteiger partial charge >= 0.3 is 11.9 Å². The van der Waals surface area contributed by atoms with E-state index in [1.54, 1.807) is 13.8 Å². The molecule has 4 nitrogen and oxygen atoms in total. The molecule has 1 fully saturated rings. The molecule has 4 heteroatoms. The van der Waals surface area contributed by atoms with E-state index in [2.05, 4.69) is 0 Å². The molecule has 0 aliphatic carbocycles. The lowest BCUT2D eigenvalue weighted by Crippen LogP contribution is -2.48. The Bertz CT molecular complexity index is 743. The number of carbonyl (C=O) groups is 2. The van der Waals surface area contributed by atoms with Crippen LogP contribution >= 0.6 is 0 Å². The number of hydrogen-bond donors (Lipinski definition) is 0. The van der Waals surface area contributed by atoms with E-state index in [1.807, 2.05) is 49.4 Å². The lowest BCUT2D eigenvalue weighted by molar-refractivity contribution is -0.241. The van der Waals surface area contributed by atoms with E-state index in [9.17, 15) is 9.59 Å². The fourth-order valence-corrected chi connectivity index (χ4v) is 3.16. The first-order valence-corrected chi connectivity index (χ1v) is 7.85. The maximum atomic E-state index is 12.3. The molecule has 0 radical (unpaired) electrons. The number of benzene rings is 2. The summed E-state index contributed by atoms with van der Waals surface area (Å²) in [6.45, 7) is 5.09. The predicted molar refractivity (Wildman–Crippen MR) is 86.7 cm³/mol. The second-order valence-corrected chi connectivity index (χ2v) is 6.34. The minimum absolute atomic E-state index is 0.254. The van der Waals surface area contributed by atoms with Gasteiger partial charge in [-0.1, -0.05) is 49.4 Å². The highest BCUT2D eigenvalue weighted by Gasteiger charge is 2.47. The van der Waals surface area contributed by atoms with Gasteiger partial charge in [0.25, 0.3) is 5.79 Å². The summed E-state index contributed by atoms with van der Waals surface area (Å²) >= 11 is 0. The van der Waals surface area contributed by atoms with E-state index in [-0.39, 0.29) is 5.92 Å². The molecule has 2 aromatic carbocycles. The van der Waals surface area contributed by atoms with Crippen molar-refractivity contribution in [2.45, 2.75) is 38.9 Å². The van der Waals surface area contributed by atoms with E-state index >= 15 is 0 Å². The summed E-state index contributed by atoms with van der Waals surface area (Å²) in [5, 5.41) is 2.21. The van der Waals surface area contributed by atoms with Crippen molar-refractivity contribution in [3.05, 3.63) is 48.0 Å². The standard InChI is InChI=1S/C19H20O4/c1-4-15(16-17(20)22-19(2,3)23-18(16)21)14-10-9-12-7-5-6-8-13(12)11-14/h5-11,15-16H,4H2,1-3H3. The van der Waals surface area contributed by atoms with Crippen molar-refractivity contribution in [1.82, 2.24) is 0 Å². The zero-order chi connectivity index (χ0) is 16.6. The van der Waals surface area contributed by atoms with Crippen LogP contribution in [0.15, 0.2) is 42.5 Å². The van der Waals surface area contributed by atoms with Crippen LogP contribution in [-0.4, -0.2) is 17.7 Å². The second-order valence-electron chi connectivity index (χ2n) is 6.34. The summed E-state index contributed by atoms with van der Waals surface area (Å²) in [4.78, 5) is 24.7. The summed E-state index contributed by atoms with van der Waals surface area (Å²) in [7, 11) is 0. The van der Waals surface area contributed by atoms with Crippen LogP contribution in [0.5, 0.6) is 0 Å². The molecule has 0 N–H and O–H groups in total. The van der Waals surface area contributed by atoms with Gasteiger partial charge < -0.3 is 9.47 Å². The van der Waals surface area contributed by atoms with Crippen LogP contribution in [0.2, 0.25) is 0 Å². The van der Waals surface area contributed by atoms with Crippen LogP contribution in [0.3, 0.4) is 0 Å². The third-order valence-corrected chi connectivity index (χ3v) is 4.24. The van der Waals surface area contributed by atoms with E-state index < -0.39 is 23.6 Å². The van der Waals surface area contributed by atoms with Gasteiger partial charge in [0.1, 0.15) is 0 Å². The average Bonchev–Trinajstić information content (AvgIpc) is 2.49. The molecule has 1 unspecified atom stereocenters. The summed E-state index contributed by atoms with van der Waals surface area (Å²) in [5.74, 6) is -3.37. The van der Waals surface area contributed by atoms with Gasteiger partial charge in [-0.2, -0.15) is 0 Å². The van der Waals surface area contributed by atoms with Gasteiger partial charge in [0, 0.05) is 19.8 Å². The summed E-state index contributed by atoms with van der Waals surface area (Å²) in [5.41, 5.74) is 0.949. The van der Waals surface area contributed by atoms with Crippen molar-refractivity contribution in [2.75, 3.05) is 0 Å². The molecule has 1 atom stereocenters. The Kier molecular flexibility index (Phi) is 3.84. The molecule has 1 heterocycles. The Labute approximate surface area is 135 Å². The molecule has 0 bridgehead atoms. The van der Waals surface area contributed by atoms with Crippen LogP contribution in [0.1, 0.15) is 38.7 Å². The molecule has 0 aromatic heterocycles. The van der Waals surface area contributed by atoms with Crippen LogP contribution in [0, 0.1) is 5.92 Å². The Balaban J connectivity index is 1.98. The van der Waals surface area contributed by atoms with Gasteiger partial charge in [0.15, 0.2) is 5.92 Å². The Morgan fingerprint density at radius 2 is 1.61 bits per heavy atom. The lowest BCUT2D eigenvalue weighted by atomic mass is 9.82. The number of ether oxygens (including phenoxy) is 2. The molecule has 1 aliphatic heterocycles. The molecule has 2 aromatic rings. The summed E-state index contributed by atoms with van der Waals surface area (Å²) in [6, 6.07) is 14.0. The van der Waals surface area contributed by atoms with Gasteiger partial charge in [0.2, 0.25) is 0 Å². The van der Waals surface area contributed by atoms with Crippen LogP contribution in [-0.2, 0) is 19.1 Å². The van der Waals surface area contributed by atoms with Crippen molar-refractivity contribution in [2.24, 2.45) is 5.92 Å². The maximum absolute atomic E-state index is 12.3. The predicted octanol–water partition coefficient (Wildman–Crippen LogP) is 3.79. The summed E-state index contributed by atoms with van der Waals surface area (Å²) < 4.78 is 10.5. The number of fused-ring (bicyclic) bond motifs is 1. The van der Waals surface area contributed by atoms with Gasteiger partial charge in [-0.25, -0.2) is 0 Å². The average molecular weight is 312 g/mol. The Hall–Kier alpha value is -2.36. The quantitative estimate of drug-likeness (QED) is 0.639. The van der Waals surface area contributed by atoms with Gasteiger partial charge in [-0.15, -0.1) is 0 Å². The third kappa shape index (κ3) is 2.93. The molecule has 1 aliphatic rings. The number of cyclic esters (lactones) is 2. The molecule has 3 rings (SSSR count). The minimum Gasteiger partial charge on any atom is -0.422 e. The first-order valence-electron chi connectivity index (χ1n) is 7.85. The van der Waals surface area contributed by atoms with Crippen LogP contribution in [0.4, 0.5) is 0 Å². The van der Waals surface area contributed by atoms with E-state index in [1.165, 1.54) is 0 Å². The monoisotopic (exact) mass is 312 g/mol. The maximum Gasteiger partial charge on any atom is 0.324 e. The topological polar surface area (TPSA) is 52.6 Å². The molecule has 0 spiro atoms. The third-order valence-electron chi connectivity index (χ3n) is 4.24. The zero-order valence-electron chi connectivity index (χ0n) is 13.5. The fraction of sp³-hybridized carbons (Fsp3) is 0.368. The highest BCUT2D eigenvalue weighted by Crippen LogP contribution is 2.36. The molecule has 0 amide bonds. The lowest BCUT2D eigenvalue weighted by Gasteiger charge is -2.35. The van der Waals surface area contributed by atoms with Crippen LogP contribution in [0.25, 0.3) is 10.8 Å². The van der Waals surface area contributed by atoms with Gasteiger partial charge in [-0.05, 0) is 22.8 Å². The fourth-order valence-electron chi connectivity index (χ4n) is 3.16. The Morgan fingerprint density at radius 1 is 1.00 bits per heavy atom. The van der Waals surface area contributed by atoms with Crippen molar-refractivity contribution in [3.63, 3.8) is 0 Å². The zero-order valence-corrected chi connectivity index (χ0v) is 13.5. The van der Waals surface area contributed by atoms with Crippen molar-refractivity contribution < 1.29 is 19.1 Å². The largest absolute Gasteiger partial charge is 0.422 e. The SMILES string of the molecule is CCC(c1ccc2ccccc2c1)C1C(=O)OC(C)(C)OC1=O. The number of hydrogen-bond acceptors (Lipinski definition) is 4. The number of esters is 2. The molecule has 1 saturated heterocycles. The highest BCUT2D eigenvalue weighted by molar-refractivity contribution is 5.98. The van der Waals surface area contributed by atoms with Crippen molar-refractivity contribution in [3.8, 4) is 0 Å². The van der Waals surface area contributed by atoms with Crippen LogP contribution < -0.4 is 0 Å². The molecular weight excluding hydrogens is 292 g/mol. The number of carbonyl (C=O) groups excluding carboxylic acids is 2. The first-order chi connectivity index (χ1) is 10.9. The smallest absolute Gasteiger partial charge is 0.324 e. The summed E-state index contributed by atoms with van der Waals surface area (Å²) in [6.07, 6.45) is 0.646. The van der Waals surface area contributed by atoms with E-state index in [0.29, 0.717) is 6.42 Å². The molecule has 0 saturated carbocycles. The highest BCUT2D eigenvalue weighted by atomic mass is 16.7. The van der Waals surface area contributed by atoms with Gasteiger partial charge in [-0.3, -0.25) is 9.59 Å². The van der Waals surface area contributed by atoms with Crippen molar-refractivity contribution >= 4 is 22.7 Å².